The highest BCUT2D eigenvalue weighted by molar-refractivity contribution is 5.76. The summed E-state index contributed by atoms with van der Waals surface area (Å²) in [5.41, 5.74) is 0. The number of hydrogen-bond donors (Lipinski definition) is 9. The Morgan fingerprint density at radius 1 is 0.538 bits per heavy atom. The van der Waals surface area contributed by atoms with E-state index < -0.39 is 86.8 Å². The average molecular weight is 932 g/mol. The number of allylic oxidation sites excluding steroid dienone is 1. The summed E-state index contributed by atoms with van der Waals surface area (Å²) in [7, 11) is 0. The van der Waals surface area contributed by atoms with Crippen molar-refractivity contribution in [2.45, 2.75) is 286 Å². The fourth-order valence-corrected chi connectivity index (χ4v) is 8.88. The standard InChI is InChI=1S/C51H97NO13/c1-3-5-7-8-9-10-11-12-13-14-15-16-17-18-19-20-21-22-23-24-25-26-27-28-29-30-31-33-34-40(55)39(52-43(56)35-32-6-4-2)38-62-50-48(61)46(59)49(42(37-54)64-50)65-51-47(60)45(58)44(57)41(36-53)63-51/h33-34,39-42,44-51,53-55,57-61H,3-32,35-38H2,1-2H3,(H,52,56)/b34-33+. The van der Waals surface area contributed by atoms with Crippen molar-refractivity contribution in [1.82, 2.24) is 5.32 Å². The van der Waals surface area contributed by atoms with Crippen LogP contribution in [0.15, 0.2) is 12.2 Å². The molecule has 9 N–H and O–H groups in total. The molecule has 0 spiro atoms. The van der Waals surface area contributed by atoms with Gasteiger partial charge in [-0.05, 0) is 19.3 Å². The number of hydrogen-bond acceptors (Lipinski definition) is 13. The summed E-state index contributed by atoms with van der Waals surface area (Å²) < 4.78 is 22.5. The lowest BCUT2D eigenvalue weighted by atomic mass is 9.97. The third-order valence-electron chi connectivity index (χ3n) is 13.2. The Labute approximate surface area is 393 Å². The van der Waals surface area contributed by atoms with E-state index in [0.717, 1.165) is 32.1 Å². The molecule has 0 bridgehead atoms. The second kappa shape index (κ2) is 38.6. The summed E-state index contributed by atoms with van der Waals surface area (Å²) in [6.07, 6.45) is 25.3. The third kappa shape index (κ3) is 25.8. The van der Waals surface area contributed by atoms with Gasteiger partial charge in [-0.15, -0.1) is 0 Å². The molecule has 0 radical (unpaired) electrons. The van der Waals surface area contributed by atoms with Crippen LogP contribution in [0.25, 0.3) is 0 Å². The molecular formula is C51H97NO13. The maximum absolute atomic E-state index is 12.8. The summed E-state index contributed by atoms with van der Waals surface area (Å²) in [4.78, 5) is 12.8. The molecular weight excluding hydrogens is 835 g/mol. The van der Waals surface area contributed by atoms with E-state index in [0.29, 0.717) is 6.42 Å². The molecule has 12 atom stereocenters. The molecule has 0 saturated carbocycles. The zero-order chi connectivity index (χ0) is 47.5. The van der Waals surface area contributed by atoms with E-state index in [2.05, 4.69) is 12.2 Å². The fourth-order valence-electron chi connectivity index (χ4n) is 8.88. The van der Waals surface area contributed by atoms with Crippen LogP contribution >= 0.6 is 0 Å². The van der Waals surface area contributed by atoms with Gasteiger partial charge < -0.3 is 65.1 Å². The first-order valence-corrected chi connectivity index (χ1v) is 26.4. The molecule has 65 heavy (non-hydrogen) atoms. The zero-order valence-corrected chi connectivity index (χ0v) is 40.7. The van der Waals surface area contributed by atoms with Gasteiger partial charge in [-0.2, -0.15) is 0 Å². The molecule has 14 heteroatoms. The van der Waals surface area contributed by atoms with Gasteiger partial charge in [0.1, 0.15) is 48.8 Å². The monoisotopic (exact) mass is 932 g/mol. The molecule has 2 aliphatic heterocycles. The van der Waals surface area contributed by atoms with Gasteiger partial charge in [0, 0.05) is 6.42 Å². The Hall–Kier alpha value is -1.27. The number of nitrogens with one attached hydrogen (secondary N) is 1. The SMILES string of the molecule is CCCCCCCCCCCCCCCCCCCCCCCCCCCC/C=C/C(O)C(COC1OC(CO)C(OC2OC(CO)C(O)C(O)C2O)C(O)C1O)NC(=O)CCCCC. The number of carbonyl (C=O) groups excluding carboxylic acids is 1. The topological polar surface area (TPSA) is 228 Å². The Balaban J connectivity index is 1.60. The Morgan fingerprint density at radius 3 is 1.42 bits per heavy atom. The van der Waals surface area contributed by atoms with Gasteiger partial charge in [-0.3, -0.25) is 4.79 Å². The van der Waals surface area contributed by atoms with Gasteiger partial charge in [0.2, 0.25) is 5.91 Å². The van der Waals surface area contributed by atoms with Crippen LogP contribution in [0.3, 0.4) is 0 Å². The smallest absolute Gasteiger partial charge is 0.220 e. The van der Waals surface area contributed by atoms with Crippen molar-refractivity contribution in [3.05, 3.63) is 12.2 Å². The van der Waals surface area contributed by atoms with Gasteiger partial charge >= 0.3 is 0 Å². The number of unbranched alkanes of at least 4 members (excludes halogenated alkanes) is 28. The molecule has 0 aromatic rings. The third-order valence-corrected chi connectivity index (χ3v) is 13.2. The minimum atomic E-state index is -1.78. The van der Waals surface area contributed by atoms with Crippen LogP contribution in [-0.2, 0) is 23.7 Å². The number of aliphatic hydroxyl groups is 8. The first-order chi connectivity index (χ1) is 31.6. The van der Waals surface area contributed by atoms with E-state index in [1.807, 2.05) is 13.0 Å². The van der Waals surface area contributed by atoms with Crippen LogP contribution in [0.5, 0.6) is 0 Å². The maximum Gasteiger partial charge on any atom is 0.220 e. The summed E-state index contributed by atoms with van der Waals surface area (Å²) in [5, 5.41) is 86.1. The summed E-state index contributed by atoms with van der Waals surface area (Å²) in [6, 6.07) is -0.905. The van der Waals surface area contributed by atoms with Crippen LogP contribution in [0, 0.1) is 0 Å². The molecule has 2 rings (SSSR count). The molecule has 2 saturated heterocycles. The van der Waals surface area contributed by atoms with Gasteiger partial charge in [0.25, 0.3) is 0 Å². The predicted molar refractivity (Wildman–Crippen MR) is 254 cm³/mol. The molecule has 14 nitrogen and oxygen atoms in total. The Bertz CT molecular complexity index is 1150. The predicted octanol–water partition coefficient (Wildman–Crippen LogP) is 7.16. The molecule has 2 heterocycles. The molecule has 384 valence electrons. The van der Waals surface area contributed by atoms with E-state index in [1.165, 1.54) is 154 Å². The second-order valence-electron chi connectivity index (χ2n) is 19.0. The molecule has 1 amide bonds. The van der Waals surface area contributed by atoms with Crippen LogP contribution in [0.1, 0.15) is 213 Å². The number of carbonyl (C=O) groups is 1. The van der Waals surface area contributed by atoms with Gasteiger partial charge in [-0.25, -0.2) is 0 Å². The van der Waals surface area contributed by atoms with Crippen molar-refractivity contribution in [3.63, 3.8) is 0 Å². The molecule has 2 aliphatic rings. The van der Waals surface area contributed by atoms with Crippen molar-refractivity contribution < 1.29 is 64.6 Å². The highest BCUT2D eigenvalue weighted by atomic mass is 16.7. The van der Waals surface area contributed by atoms with Crippen LogP contribution in [0.2, 0.25) is 0 Å². The highest BCUT2D eigenvalue weighted by Crippen LogP contribution is 2.30. The lowest BCUT2D eigenvalue weighted by Gasteiger charge is -2.46. The minimum Gasteiger partial charge on any atom is -0.394 e. The molecule has 0 aromatic heterocycles. The van der Waals surface area contributed by atoms with Crippen molar-refractivity contribution in [2.24, 2.45) is 0 Å². The Morgan fingerprint density at radius 2 is 0.954 bits per heavy atom. The largest absolute Gasteiger partial charge is 0.394 e. The highest BCUT2D eigenvalue weighted by Gasteiger charge is 2.51. The molecule has 0 aromatic carbocycles. The number of rotatable bonds is 41. The minimum absolute atomic E-state index is 0.263. The van der Waals surface area contributed by atoms with Crippen LogP contribution in [0.4, 0.5) is 0 Å². The quantitative estimate of drug-likeness (QED) is 0.0219. The molecule has 2 fully saturated rings. The maximum atomic E-state index is 12.8. The zero-order valence-electron chi connectivity index (χ0n) is 40.7. The lowest BCUT2D eigenvalue weighted by molar-refractivity contribution is -0.359. The van der Waals surface area contributed by atoms with E-state index in [9.17, 15) is 45.6 Å². The van der Waals surface area contributed by atoms with Gasteiger partial charge in [0.05, 0.1) is 32.0 Å². The van der Waals surface area contributed by atoms with Gasteiger partial charge in [0.15, 0.2) is 12.6 Å². The number of ether oxygens (including phenoxy) is 4. The number of amides is 1. The van der Waals surface area contributed by atoms with E-state index in [1.54, 1.807) is 6.08 Å². The van der Waals surface area contributed by atoms with Crippen molar-refractivity contribution in [3.8, 4) is 0 Å². The van der Waals surface area contributed by atoms with E-state index in [4.69, 9.17) is 18.9 Å². The Kier molecular flexibility index (Phi) is 35.5. The molecule has 0 aliphatic carbocycles. The first kappa shape index (κ1) is 59.9. The summed E-state index contributed by atoms with van der Waals surface area (Å²) in [6.45, 7) is 2.61. The summed E-state index contributed by atoms with van der Waals surface area (Å²) in [5.74, 6) is -0.263. The van der Waals surface area contributed by atoms with Gasteiger partial charge in [-0.1, -0.05) is 199 Å². The fraction of sp³-hybridized carbons (Fsp3) is 0.941. The summed E-state index contributed by atoms with van der Waals surface area (Å²) >= 11 is 0. The van der Waals surface area contributed by atoms with E-state index >= 15 is 0 Å². The van der Waals surface area contributed by atoms with Crippen LogP contribution < -0.4 is 5.32 Å². The van der Waals surface area contributed by atoms with Crippen molar-refractivity contribution >= 4 is 5.91 Å². The first-order valence-electron chi connectivity index (χ1n) is 26.4. The lowest BCUT2D eigenvalue weighted by Crippen LogP contribution is -2.65. The van der Waals surface area contributed by atoms with Crippen molar-refractivity contribution in [1.29, 1.82) is 0 Å². The second-order valence-corrected chi connectivity index (χ2v) is 19.0. The molecule has 12 unspecified atom stereocenters. The average Bonchev–Trinajstić information content (AvgIpc) is 3.30. The van der Waals surface area contributed by atoms with Crippen molar-refractivity contribution in [2.75, 3.05) is 19.8 Å². The van der Waals surface area contributed by atoms with E-state index in [-0.39, 0.29) is 18.9 Å². The number of aliphatic hydroxyl groups excluding tert-OH is 8. The van der Waals surface area contributed by atoms with Crippen LogP contribution in [-0.4, -0.2) is 140 Å². The normalized spacial score (nSPS) is 27.0.